The molecule has 0 fully saturated rings. The molecule has 0 spiro atoms. The molecule has 0 unspecified atom stereocenters. The summed E-state index contributed by atoms with van der Waals surface area (Å²) in [6.07, 6.45) is 2.93. The van der Waals surface area contributed by atoms with Gasteiger partial charge < -0.3 is 0 Å². The van der Waals surface area contributed by atoms with E-state index in [1.807, 2.05) is 13.8 Å². The molecule has 0 aliphatic carbocycles. The minimum atomic E-state index is -3.71. The fourth-order valence-corrected chi connectivity index (χ4v) is 3.06. The van der Waals surface area contributed by atoms with Gasteiger partial charge >= 0.3 is 0 Å². The van der Waals surface area contributed by atoms with Crippen molar-refractivity contribution in [3.8, 4) is 0 Å². The number of nitrogens with one attached hydrogen (secondary N) is 1. The fraction of sp³-hybridized carbons (Fsp3) is 0.286. The van der Waals surface area contributed by atoms with E-state index in [-0.39, 0.29) is 10.8 Å². The maximum Gasteiger partial charge on any atom is 0.263 e. The van der Waals surface area contributed by atoms with Gasteiger partial charge in [-0.3, -0.25) is 4.72 Å². The molecule has 2 aromatic rings. The van der Waals surface area contributed by atoms with E-state index in [2.05, 4.69) is 14.7 Å². The largest absolute Gasteiger partial charge is 0.263 e. The third-order valence-electron chi connectivity index (χ3n) is 3.03. The molecule has 21 heavy (non-hydrogen) atoms. The highest BCUT2D eigenvalue weighted by Crippen LogP contribution is 2.25. The van der Waals surface area contributed by atoms with Gasteiger partial charge in [0, 0.05) is 16.8 Å². The Bertz CT molecular complexity index is 761. The lowest BCUT2D eigenvalue weighted by atomic mass is 10.1. The van der Waals surface area contributed by atoms with Crippen LogP contribution in [0.25, 0.3) is 0 Å². The Morgan fingerprint density at radius 3 is 2.62 bits per heavy atom. The molecule has 0 aliphatic rings. The lowest BCUT2D eigenvalue weighted by Gasteiger charge is -2.13. The van der Waals surface area contributed by atoms with Crippen LogP contribution in [0, 0.1) is 6.92 Å². The summed E-state index contributed by atoms with van der Waals surface area (Å²) in [5, 5.41) is 0.527. The van der Waals surface area contributed by atoms with Crippen molar-refractivity contribution in [3.05, 3.63) is 46.9 Å². The molecule has 0 bridgehead atoms. The second kappa shape index (κ2) is 5.99. The maximum atomic E-state index is 12.4. The smallest absolute Gasteiger partial charge is 0.263 e. The summed E-state index contributed by atoms with van der Waals surface area (Å²) < 4.78 is 27.4. The Kier molecular flexibility index (Phi) is 4.49. The van der Waals surface area contributed by atoms with Crippen LogP contribution in [0.3, 0.4) is 0 Å². The van der Waals surface area contributed by atoms with Gasteiger partial charge in [-0.15, -0.1) is 0 Å². The van der Waals surface area contributed by atoms with Crippen molar-refractivity contribution in [2.24, 2.45) is 0 Å². The van der Waals surface area contributed by atoms with Crippen molar-refractivity contribution >= 4 is 27.4 Å². The van der Waals surface area contributed by atoms with Gasteiger partial charge in [0.2, 0.25) is 0 Å². The van der Waals surface area contributed by atoms with Gasteiger partial charge in [0.15, 0.2) is 0 Å². The highest BCUT2D eigenvalue weighted by atomic mass is 35.5. The molecule has 1 aromatic carbocycles. The van der Waals surface area contributed by atoms with Crippen molar-refractivity contribution < 1.29 is 8.42 Å². The van der Waals surface area contributed by atoms with Crippen LogP contribution in [-0.4, -0.2) is 18.4 Å². The molecule has 0 amide bonds. The van der Waals surface area contributed by atoms with E-state index in [0.717, 1.165) is 5.56 Å². The van der Waals surface area contributed by atoms with Crippen molar-refractivity contribution in [2.45, 2.75) is 31.6 Å². The summed E-state index contributed by atoms with van der Waals surface area (Å²) in [7, 11) is -3.71. The average Bonchev–Trinajstić information content (AvgIpc) is 2.41. The third kappa shape index (κ3) is 3.51. The normalized spacial score (nSPS) is 11.7. The number of sulfonamides is 1. The van der Waals surface area contributed by atoms with E-state index in [1.165, 1.54) is 18.5 Å². The van der Waals surface area contributed by atoms with E-state index in [0.29, 0.717) is 16.4 Å². The molecule has 1 aromatic heterocycles. The minimum Gasteiger partial charge on any atom is -0.263 e. The Morgan fingerprint density at radius 1 is 1.29 bits per heavy atom. The SMILES string of the molecule is Cc1cc(S(=O)(=O)Nc2ncncc2C(C)C)ccc1Cl. The van der Waals surface area contributed by atoms with Gasteiger partial charge in [0.1, 0.15) is 12.1 Å². The van der Waals surface area contributed by atoms with Crippen LogP contribution in [0.15, 0.2) is 35.6 Å². The van der Waals surface area contributed by atoms with Crippen molar-refractivity contribution in [1.29, 1.82) is 0 Å². The number of hydrogen-bond donors (Lipinski definition) is 1. The first-order valence-electron chi connectivity index (χ1n) is 6.40. The number of benzene rings is 1. The number of anilines is 1. The summed E-state index contributed by atoms with van der Waals surface area (Å²) in [5.74, 6) is 0.406. The third-order valence-corrected chi connectivity index (χ3v) is 4.79. The molecule has 112 valence electrons. The second-order valence-electron chi connectivity index (χ2n) is 5.00. The molecule has 0 saturated carbocycles. The van der Waals surface area contributed by atoms with Crippen LogP contribution in [0.2, 0.25) is 5.02 Å². The first-order valence-corrected chi connectivity index (χ1v) is 8.26. The van der Waals surface area contributed by atoms with Gasteiger partial charge in [0.05, 0.1) is 4.90 Å². The van der Waals surface area contributed by atoms with E-state index in [4.69, 9.17) is 11.6 Å². The van der Waals surface area contributed by atoms with Crippen molar-refractivity contribution in [3.63, 3.8) is 0 Å². The molecular formula is C14H16ClN3O2S. The Hall–Kier alpha value is -1.66. The van der Waals surface area contributed by atoms with Gasteiger partial charge in [-0.1, -0.05) is 25.4 Å². The molecule has 2 rings (SSSR count). The molecule has 0 aliphatic heterocycles. The zero-order valence-corrected chi connectivity index (χ0v) is 13.5. The standard InChI is InChI=1S/C14H16ClN3O2S/c1-9(2)12-7-16-8-17-14(12)18-21(19,20)11-4-5-13(15)10(3)6-11/h4-9H,1-3H3,(H,16,17,18). The van der Waals surface area contributed by atoms with E-state index in [1.54, 1.807) is 19.2 Å². The molecule has 0 saturated heterocycles. The van der Waals surface area contributed by atoms with Crippen LogP contribution in [0.1, 0.15) is 30.9 Å². The van der Waals surface area contributed by atoms with Gasteiger partial charge in [0.25, 0.3) is 10.0 Å². The molecule has 0 radical (unpaired) electrons. The van der Waals surface area contributed by atoms with Crippen LogP contribution in [0.4, 0.5) is 5.82 Å². The summed E-state index contributed by atoms with van der Waals surface area (Å²) in [5.41, 5.74) is 1.44. The molecule has 1 heterocycles. The summed E-state index contributed by atoms with van der Waals surface area (Å²) >= 11 is 5.92. The van der Waals surface area contributed by atoms with Crippen molar-refractivity contribution in [2.75, 3.05) is 4.72 Å². The Morgan fingerprint density at radius 2 is 2.00 bits per heavy atom. The van der Waals surface area contributed by atoms with Gasteiger partial charge in [-0.2, -0.15) is 0 Å². The number of aryl methyl sites for hydroxylation is 1. The van der Waals surface area contributed by atoms with Crippen LogP contribution < -0.4 is 4.72 Å². The molecule has 7 heteroatoms. The van der Waals surface area contributed by atoms with Crippen molar-refractivity contribution in [1.82, 2.24) is 9.97 Å². The molecular weight excluding hydrogens is 310 g/mol. The quantitative estimate of drug-likeness (QED) is 0.935. The van der Waals surface area contributed by atoms with Crippen LogP contribution >= 0.6 is 11.6 Å². The summed E-state index contributed by atoms with van der Waals surface area (Å²) in [4.78, 5) is 8.11. The van der Waals surface area contributed by atoms with Crippen LogP contribution in [0.5, 0.6) is 0 Å². The van der Waals surface area contributed by atoms with E-state index in [9.17, 15) is 8.42 Å². The predicted molar refractivity (Wildman–Crippen MR) is 83.1 cm³/mol. The highest BCUT2D eigenvalue weighted by Gasteiger charge is 2.18. The molecule has 5 nitrogen and oxygen atoms in total. The number of aromatic nitrogens is 2. The molecule has 1 N–H and O–H groups in total. The lowest BCUT2D eigenvalue weighted by Crippen LogP contribution is -2.16. The summed E-state index contributed by atoms with van der Waals surface area (Å²) in [6.45, 7) is 5.65. The number of hydrogen-bond acceptors (Lipinski definition) is 4. The fourth-order valence-electron chi connectivity index (χ4n) is 1.82. The van der Waals surface area contributed by atoms with E-state index < -0.39 is 10.0 Å². The highest BCUT2D eigenvalue weighted by molar-refractivity contribution is 7.92. The zero-order chi connectivity index (χ0) is 15.6. The second-order valence-corrected chi connectivity index (χ2v) is 7.09. The maximum absolute atomic E-state index is 12.4. The number of nitrogens with zero attached hydrogens (tertiary/aromatic N) is 2. The minimum absolute atomic E-state index is 0.107. The monoisotopic (exact) mass is 325 g/mol. The number of rotatable bonds is 4. The topological polar surface area (TPSA) is 72.0 Å². The van der Waals surface area contributed by atoms with Gasteiger partial charge in [-0.25, -0.2) is 18.4 Å². The Labute approximate surface area is 129 Å². The summed E-state index contributed by atoms with van der Waals surface area (Å²) in [6, 6.07) is 4.56. The van der Waals surface area contributed by atoms with E-state index >= 15 is 0 Å². The molecule has 0 atom stereocenters. The predicted octanol–water partition coefficient (Wildman–Crippen LogP) is 3.36. The first-order chi connectivity index (χ1) is 9.81. The average molecular weight is 326 g/mol. The van der Waals surface area contributed by atoms with Gasteiger partial charge in [-0.05, 0) is 36.6 Å². The number of halogens is 1. The zero-order valence-electron chi connectivity index (χ0n) is 12.0. The van der Waals surface area contributed by atoms with Crippen LogP contribution in [-0.2, 0) is 10.0 Å². The first kappa shape index (κ1) is 15.7. The Balaban J connectivity index is 2.40. The lowest BCUT2D eigenvalue weighted by molar-refractivity contribution is 0.600.